The normalized spacial score (nSPS) is 12.7. The first kappa shape index (κ1) is 13.5. The highest BCUT2D eigenvalue weighted by atomic mass is 35.5. The zero-order valence-electron chi connectivity index (χ0n) is 9.75. The van der Waals surface area contributed by atoms with Gasteiger partial charge in [-0.1, -0.05) is 23.7 Å². The van der Waals surface area contributed by atoms with Gasteiger partial charge in [0.25, 0.3) is 0 Å². The lowest BCUT2D eigenvalue weighted by atomic mass is 10.1. The number of nitrogens with one attached hydrogen (secondary N) is 1. The van der Waals surface area contributed by atoms with E-state index in [0.717, 1.165) is 30.8 Å². The first-order valence-electron chi connectivity index (χ1n) is 5.81. The molecule has 0 spiro atoms. The summed E-state index contributed by atoms with van der Waals surface area (Å²) >= 11 is 5.81. The Hall–Kier alpha value is -0.570. The Kier molecular flexibility index (Phi) is 6.46. The van der Waals surface area contributed by atoms with Crippen molar-refractivity contribution in [2.45, 2.75) is 32.2 Å². The molecular formula is C13H20ClNO. The molecule has 0 aliphatic rings. The van der Waals surface area contributed by atoms with E-state index in [4.69, 9.17) is 16.7 Å². The van der Waals surface area contributed by atoms with E-state index in [-0.39, 0.29) is 6.61 Å². The van der Waals surface area contributed by atoms with Crippen molar-refractivity contribution in [1.82, 2.24) is 5.32 Å². The summed E-state index contributed by atoms with van der Waals surface area (Å²) in [5.41, 5.74) is 1.30. The highest BCUT2D eigenvalue weighted by Crippen LogP contribution is 2.09. The van der Waals surface area contributed by atoms with Gasteiger partial charge in [-0.25, -0.2) is 0 Å². The van der Waals surface area contributed by atoms with Gasteiger partial charge in [-0.05, 0) is 50.4 Å². The molecule has 0 aliphatic carbocycles. The van der Waals surface area contributed by atoms with Crippen molar-refractivity contribution in [3.63, 3.8) is 0 Å². The predicted molar refractivity (Wildman–Crippen MR) is 68.9 cm³/mol. The molecule has 16 heavy (non-hydrogen) atoms. The number of halogens is 1. The maximum absolute atomic E-state index is 8.70. The van der Waals surface area contributed by atoms with Gasteiger partial charge in [-0.3, -0.25) is 0 Å². The van der Waals surface area contributed by atoms with Crippen molar-refractivity contribution < 1.29 is 5.11 Å². The summed E-state index contributed by atoms with van der Waals surface area (Å²) in [5.74, 6) is 0. The van der Waals surface area contributed by atoms with Crippen LogP contribution in [0.25, 0.3) is 0 Å². The van der Waals surface area contributed by atoms with Crippen LogP contribution in [0.1, 0.15) is 25.3 Å². The summed E-state index contributed by atoms with van der Waals surface area (Å²) in [7, 11) is 0. The topological polar surface area (TPSA) is 32.3 Å². The van der Waals surface area contributed by atoms with Crippen molar-refractivity contribution in [1.29, 1.82) is 0 Å². The van der Waals surface area contributed by atoms with Crippen LogP contribution in [0.5, 0.6) is 0 Å². The van der Waals surface area contributed by atoms with Gasteiger partial charge in [0, 0.05) is 17.7 Å². The third-order valence-electron chi connectivity index (χ3n) is 2.61. The van der Waals surface area contributed by atoms with Gasteiger partial charge in [0.05, 0.1) is 0 Å². The molecule has 0 saturated heterocycles. The number of aliphatic hydroxyl groups excluding tert-OH is 1. The number of hydrogen-bond acceptors (Lipinski definition) is 2. The third kappa shape index (κ3) is 5.50. The second kappa shape index (κ2) is 7.66. The van der Waals surface area contributed by atoms with Crippen LogP contribution in [0.4, 0.5) is 0 Å². The molecule has 0 aliphatic heterocycles. The number of benzene rings is 1. The van der Waals surface area contributed by atoms with Gasteiger partial charge in [0.2, 0.25) is 0 Å². The maximum atomic E-state index is 8.70. The van der Waals surface area contributed by atoms with Crippen molar-refractivity contribution in [3.05, 3.63) is 34.9 Å². The summed E-state index contributed by atoms with van der Waals surface area (Å²) in [4.78, 5) is 0. The van der Waals surface area contributed by atoms with Gasteiger partial charge < -0.3 is 10.4 Å². The highest BCUT2D eigenvalue weighted by molar-refractivity contribution is 6.30. The lowest BCUT2D eigenvalue weighted by molar-refractivity contribution is 0.276. The Morgan fingerprint density at radius 3 is 2.62 bits per heavy atom. The summed E-state index contributed by atoms with van der Waals surface area (Å²) in [5, 5.41) is 12.9. The lowest BCUT2D eigenvalue weighted by Crippen LogP contribution is -2.28. The molecule has 0 aromatic heterocycles. The fourth-order valence-electron chi connectivity index (χ4n) is 1.61. The molecule has 0 radical (unpaired) electrons. The second-order valence-corrected chi connectivity index (χ2v) is 4.53. The van der Waals surface area contributed by atoms with E-state index < -0.39 is 0 Å². The first-order valence-corrected chi connectivity index (χ1v) is 6.19. The summed E-state index contributed by atoms with van der Waals surface area (Å²) < 4.78 is 0. The van der Waals surface area contributed by atoms with E-state index in [1.54, 1.807) is 0 Å². The van der Waals surface area contributed by atoms with E-state index in [9.17, 15) is 0 Å². The van der Waals surface area contributed by atoms with Crippen molar-refractivity contribution in [3.8, 4) is 0 Å². The Balaban J connectivity index is 2.17. The molecule has 90 valence electrons. The first-order chi connectivity index (χ1) is 7.72. The largest absolute Gasteiger partial charge is 0.396 e. The Labute approximate surface area is 103 Å². The van der Waals surface area contributed by atoms with Crippen LogP contribution in [0.3, 0.4) is 0 Å². The van der Waals surface area contributed by atoms with Crippen LogP contribution < -0.4 is 5.32 Å². The van der Waals surface area contributed by atoms with Crippen LogP contribution >= 0.6 is 11.6 Å². The van der Waals surface area contributed by atoms with Crippen LogP contribution in [0.2, 0.25) is 5.02 Å². The van der Waals surface area contributed by atoms with E-state index in [0.29, 0.717) is 6.04 Å². The molecule has 0 saturated carbocycles. The smallest absolute Gasteiger partial charge is 0.0431 e. The van der Waals surface area contributed by atoms with Crippen molar-refractivity contribution in [2.75, 3.05) is 13.2 Å². The lowest BCUT2D eigenvalue weighted by Gasteiger charge is -2.12. The molecule has 2 nitrogen and oxygen atoms in total. The average molecular weight is 242 g/mol. The number of aliphatic hydroxyl groups is 1. The molecule has 0 amide bonds. The Morgan fingerprint density at radius 2 is 2.00 bits per heavy atom. The zero-order valence-corrected chi connectivity index (χ0v) is 10.5. The van der Waals surface area contributed by atoms with E-state index in [1.807, 2.05) is 12.1 Å². The van der Waals surface area contributed by atoms with Crippen LogP contribution in [-0.2, 0) is 6.42 Å². The van der Waals surface area contributed by atoms with Crippen molar-refractivity contribution >= 4 is 11.6 Å². The summed E-state index contributed by atoms with van der Waals surface area (Å²) in [6.45, 7) is 3.40. The monoisotopic (exact) mass is 241 g/mol. The molecule has 1 unspecified atom stereocenters. The van der Waals surface area contributed by atoms with Crippen LogP contribution in [0, 0.1) is 0 Å². The van der Waals surface area contributed by atoms with Gasteiger partial charge in [-0.2, -0.15) is 0 Å². The average Bonchev–Trinajstić information content (AvgIpc) is 2.29. The fraction of sp³-hybridized carbons (Fsp3) is 0.538. The molecule has 1 aromatic carbocycles. The molecular weight excluding hydrogens is 222 g/mol. The molecule has 0 bridgehead atoms. The van der Waals surface area contributed by atoms with Crippen molar-refractivity contribution in [2.24, 2.45) is 0 Å². The number of rotatable bonds is 7. The SMILES string of the molecule is CC(CCCO)NCCc1ccc(Cl)cc1. The quantitative estimate of drug-likeness (QED) is 0.769. The minimum Gasteiger partial charge on any atom is -0.396 e. The van der Waals surface area contributed by atoms with Crippen LogP contribution in [0.15, 0.2) is 24.3 Å². The summed E-state index contributed by atoms with van der Waals surface area (Å²) in [6.07, 6.45) is 2.91. The van der Waals surface area contributed by atoms with Gasteiger partial charge in [0.1, 0.15) is 0 Å². The molecule has 0 heterocycles. The zero-order chi connectivity index (χ0) is 11.8. The van der Waals surface area contributed by atoms with Gasteiger partial charge in [0.15, 0.2) is 0 Å². The minimum absolute atomic E-state index is 0.281. The van der Waals surface area contributed by atoms with E-state index in [1.165, 1.54) is 5.56 Å². The molecule has 1 atom stereocenters. The maximum Gasteiger partial charge on any atom is 0.0431 e. The van der Waals surface area contributed by atoms with E-state index >= 15 is 0 Å². The molecule has 1 aromatic rings. The summed E-state index contributed by atoms with van der Waals surface area (Å²) in [6, 6.07) is 8.43. The number of hydrogen-bond donors (Lipinski definition) is 2. The highest BCUT2D eigenvalue weighted by Gasteiger charge is 2.00. The molecule has 2 N–H and O–H groups in total. The predicted octanol–water partition coefficient (Wildman–Crippen LogP) is 2.63. The molecule has 1 rings (SSSR count). The minimum atomic E-state index is 0.281. The van der Waals surface area contributed by atoms with Crippen LogP contribution in [-0.4, -0.2) is 24.3 Å². The Morgan fingerprint density at radius 1 is 1.31 bits per heavy atom. The molecule has 0 fully saturated rings. The second-order valence-electron chi connectivity index (χ2n) is 4.10. The van der Waals surface area contributed by atoms with Gasteiger partial charge >= 0.3 is 0 Å². The fourth-order valence-corrected chi connectivity index (χ4v) is 1.74. The third-order valence-corrected chi connectivity index (χ3v) is 2.87. The van der Waals surface area contributed by atoms with E-state index in [2.05, 4.69) is 24.4 Å². The Bertz CT molecular complexity index is 286. The standard InChI is InChI=1S/C13H20ClNO/c1-11(3-2-10-16)15-9-8-12-4-6-13(14)7-5-12/h4-7,11,15-16H,2-3,8-10H2,1H3. The van der Waals surface area contributed by atoms with Gasteiger partial charge in [-0.15, -0.1) is 0 Å². The molecule has 3 heteroatoms.